The molecule has 1 spiro atoms. The summed E-state index contributed by atoms with van der Waals surface area (Å²) in [6.45, 7) is 2.23. The van der Waals surface area contributed by atoms with Crippen LogP contribution in [0.3, 0.4) is 0 Å². The Kier molecular flexibility index (Phi) is 7.36. The lowest BCUT2D eigenvalue weighted by molar-refractivity contribution is -0.198. The normalized spacial score (nSPS) is 20.4. The van der Waals surface area contributed by atoms with Gasteiger partial charge < -0.3 is 31.1 Å². The second-order valence-corrected chi connectivity index (χ2v) is 11.4. The second kappa shape index (κ2) is 11.0. The number of carbonyl (C=O) groups excluding carboxylic acids is 1. The molecule has 2 saturated heterocycles. The lowest BCUT2D eigenvalue weighted by Crippen LogP contribution is -2.41. The Morgan fingerprint density at radius 1 is 1.09 bits per heavy atom. The Labute approximate surface area is 245 Å². The smallest absolute Gasteiger partial charge is 0.429 e. The van der Waals surface area contributed by atoms with E-state index in [9.17, 15) is 27.9 Å². The van der Waals surface area contributed by atoms with E-state index in [4.69, 9.17) is 10.5 Å². The van der Waals surface area contributed by atoms with Gasteiger partial charge in [0.25, 0.3) is 5.91 Å². The van der Waals surface area contributed by atoms with E-state index in [1.807, 2.05) is 11.0 Å². The zero-order valence-electron chi connectivity index (χ0n) is 23.2. The van der Waals surface area contributed by atoms with Crippen LogP contribution in [0.2, 0.25) is 0 Å². The van der Waals surface area contributed by atoms with Crippen molar-refractivity contribution in [3.8, 4) is 17.0 Å². The first-order chi connectivity index (χ1) is 20.5. The van der Waals surface area contributed by atoms with E-state index in [-0.39, 0.29) is 28.7 Å². The quantitative estimate of drug-likeness (QED) is 0.335. The van der Waals surface area contributed by atoms with Crippen molar-refractivity contribution in [2.24, 2.45) is 5.41 Å². The van der Waals surface area contributed by atoms with Gasteiger partial charge in [-0.1, -0.05) is 36.4 Å². The van der Waals surface area contributed by atoms with E-state index in [0.29, 0.717) is 68.8 Å². The highest BCUT2D eigenvalue weighted by Gasteiger charge is 2.45. The predicted octanol–water partition coefficient (Wildman–Crippen LogP) is 3.73. The largest absolute Gasteiger partial charge is 0.480 e. The first kappa shape index (κ1) is 28.7. The number of hydrogen-bond acceptors (Lipinski definition) is 8. The molecule has 0 aliphatic carbocycles. The van der Waals surface area contributed by atoms with Gasteiger partial charge in [-0.05, 0) is 53.9 Å². The summed E-state index contributed by atoms with van der Waals surface area (Å²) >= 11 is 0. The minimum Gasteiger partial charge on any atom is -0.480 e. The molecule has 4 heterocycles. The molecule has 2 fully saturated rings. The number of nitrogen functional groups attached to an aromatic ring is 1. The number of rotatable bonds is 6. The van der Waals surface area contributed by atoms with Crippen molar-refractivity contribution in [3.05, 3.63) is 65.2 Å². The molecular weight excluding hydrogens is 565 g/mol. The number of ether oxygens (including phenoxy) is 1. The van der Waals surface area contributed by atoms with Crippen molar-refractivity contribution in [1.29, 1.82) is 0 Å². The maximum absolute atomic E-state index is 14.3. The third kappa shape index (κ3) is 5.94. The maximum atomic E-state index is 14.3. The number of alkyl halides is 3. The Morgan fingerprint density at radius 2 is 1.81 bits per heavy atom. The van der Waals surface area contributed by atoms with Gasteiger partial charge in [0.1, 0.15) is 11.9 Å². The summed E-state index contributed by atoms with van der Waals surface area (Å²) in [7, 11) is 0. The molecule has 43 heavy (non-hydrogen) atoms. The SMILES string of the molecule is Nc1nc(OC(c2ccc(-c3ccc4c(c3)CCNC4=O)cc2)C(F)(F)F)cc(N2CCC3(CC2)CNC(C(=O)O)C3)n1. The van der Waals surface area contributed by atoms with Gasteiger partial charge in [-0.2, -0.15) is 23.1 Å². The highest BCUT2D eigenvalue weighted by molar-refractivity contribution is 5.97. The van der Waals surface area contributed by atoms with E-state index < -0.39 is 24.3 Å². The van der Waals surface area contributed by atoms with Crippen molar-refractivity contribution < 1.29 is 32.6 Å². The Hall–Kier alpha value is -4.39. The number of nitrogens with zero attached hydrogens (tertiary/aromatic N) is 3. The van der Waals surface area contributed by atoms with Crippen LogP contribution in [0.4, 0.5) is 24.9 Å². The molecule has 2 atom stereocenters. The number of anilines is 2. The van der Waals surface area contributed by atoms with Crippen molar-refractivity contribution in [2.75, 3.05) is 36.8 Å². The van der Waals surface area contributed by atoms with E-state index in [2.05, 4.69) is 20.6 Å². The van der Waals surface area contributed by atoms with Crippen molar-refractivity contribution >= 4 is 23.6 Å². The van der Waals surface area contributed by atoms with Gasteiger partial charge in [0.2, 0.25) is 17.9 Å². The number of nitrogens with one attached hydrogen (secondary N) is 2. The maximum Gasteiger partial charge on any atom is 0.429 e. The van der Waals surface area contributed by atoms with Crippen LogP contribution in [0.1, 0.15) is 46.9 Å². The number of benzene rings is 2. The summed E-state index contributed by atoms with van der Waals surface area (Å²) < 4.78 is 48.2. The molecule has 2 aromatic carbocycles. The van der Waals surface area contributed by atoms with Gasteiger partial charge in [-0.15, -0.1) is 0 Å². The van der Waals surface area contributed by atoms with Crippen LogP contribution in [0.15, 0.2) is 48.5 Å². The molecular formula is C30H31F3N6O4. The highest BCUT2D eigenvalue weighted by atomic mass is 19.4. The molecule has 0 bridgehead atoms. The van der Waals surface area contributed by atoms with Gasteiger partial charge >= 0.3 is 12.1 Å². The van der Waals surface area contributed by atoms with Crippen molar-refractivity contribution in [1.82, 2.24) is 20.6 Å². The van der Waals surface area contributed by atoms with Crippen LogP contribution in [-0.2, 0) is 11.2 Å². The number of halogens is 3. The summed E-state index contributed by atoms with van der Waals surface area (Å²) in [6.07, 6.45) is -4.40. The third-order valence-corrected chi connectivity index (χ3v) is 8.63. The average Bonchev–Trinajstić information content (AvgIpc) is 3.39. The van der Waals surface area contributed by atoms with Crippen LogP contribution >= 0.6 is 0 Å². The number of hydrogen-bond donors (Lipinski definition) is 4. The van der Waals surface area contributed by atoms with Gasteiger partial charge in [-0.25, -0.2) is 0 Å². The fourth-order valence-electron chi connectivity index (χ4n) is 6.24. The number of fused-ring (bicyclic) bond motifs is 1. The number of carboxylic acid groups (broad SMARTS) is 1. The summed E-state index contributed by atoms with van der Waals surface area (Å²) in [5.74, 6) is -1.15. The van der Waals surface area contributed by atoms with E-state index >= 15 is 0 Å². The minimum atomic E-state index is -4.74. The Bertz CT molecular complexity index is 1540. The molecule has 3 aliphatic rings. The van der Waals surface area contributed by atoms with Crippen LogP contribution < -0.4 is 26.0 Å². The number of nitrogens with two attached hydrogens (primary N) is 1. The van der Waals surface area contributed by atoms with E-state index in [0.717, 1.165) is 11.1 Å². The fraction of sp³-hybridized carbons (Fsp3) is 0.400. The molecule has 0 saturated carbocycles. The minimum absolute atomic E-state index is 0.103. The van der Waals surface area contributed by atoms with Gasteiger partial charge in [0.05, 0.1) is 0 Å². The predicted molar refractivity (Wildman–Crippen MR) is 152 cm³/mol. The molecule has 3 aromatic rings. The molecule has 226 valence electrons. The van der Waals surface area contributed by atoms with Crippen molar-refractivity contribution in [3.63, 3.8) is 0 Å². The summed E-state index contributed by atoms with van der Waals surface area (Å²) in [5, 5.41) is 15.2. The molecule has 6 rings (SSSR count). The molecule has 1 amide bonds. The number of aliphatic carboxylic acids is 1. The zero-order chi connectivity index (χ0) is 30.4. The third-order valence-electron chi connectivity index (χ3n) is 8.63. The second-order valence-electron chi connectivity index (χ2n) is 11.4. The van der Waals surface area contributed by atoms with Crippen LogP contribution in [0, 0.1) is 5.41 Å². The first-order valence-electron chi connectivity index (χ1n) is 14.1. The van der Waals surface area contributed by atoms with Crippen LogP contribution in [0.25, 0.3) is 11.1 Å². The topological polar surface area (TPSA) is 143 Å². The standard InChI is InChI=1S/C30H31F3N6O4/c31-30(32,33)25(18-3-1-17(2-4-18)19-5-6-21-20(13-19)7-10-35-26(21)40)43-24-14-23(37-28(34)38-24)39-11-8-29(9-12-39)15-22(27(41)42)36-16-29/h1-6,13-14,22,25,36H,7-12,15-16H2,(H,35,40)(H,41,42)(H2,34,37,38). The number of carbonyl (C=O) groups is 2. The van der Waals surface area contributed by atoms with Crippen LogP contribution in [-0.4, -0.2) is 65.3 Å². The van der Waals surface area contributed by atoms with Crippen molar-refractivity contribution in [2.45, 2.75) is 44.0 Å². The first-order valence-corrected chi connectivity index (χ1v) is 14.1. The molecule has 1 aromatic heterocycles. The number of amides is 1. The molecule has 2 unspecified atom stereocenters. The lowest BCUT2D eigenvalue weighted by atomic mass is 9.76. The highest BCUT2D eigenvalue weighted by Crippen LogP contribution is 2.41. The van der Waals surface area contributed by atoms with Gasteiger partial charge in [0.15, 0.2) is 0 Å². The molecule has 5 N–H and O–H groups in total. The number of piperidine rings is 1. The summed E-state index contributed by atoms with van der Waals surface area (Å²) in [4.78, 5) is 33.5. The molecule has 10 nitrogen and oxygen atoms in total. The number of carboxylic acids is 1. The summed E-state index contributed by atoms with van der Waals surface area (Å²) in [6, 6.07) is 12.1. The van der Waals surface area contributed by atoms with E-state index in [1.54, 1.807) is 24.3 Å². The van der Waals surface area contributed by atoms with Gasteiger partial charge in [-0.3, -0.25) is 9.59 Å². The van der Waals surface area contributed by atoms with Crippen LogP contribution in [0.5, 0.6) is 5.88 Å². The molecule has 3 aliphatic heterocycles. The zero-order valence-corrected chi connectivity index (χ0v) is 23.2. The Balaban J connectivity index is 1.18. The Morgan fingerprint density at radius 3 is 2.49 bits per heavy atom. The molecule has 0 radical (unpaired) electrons. The van der Waals surface area contributed by atoms with E-state index in [1.165, 1.54) is 18.2 Å². The van der Waals surface area contributed by atoms with Gasteiger partial charge in [0, 0.05) is 43.4 Å². The summed E-state index contributed by atoms with van der Waals surface area (Å²) in [5.41, 5.74) is 8.65. The monoisotopic (exact) mass is 596 g/mol. The average molecular weight is 597 g/mol. The number of aromatic nitrogens is 2. The lowest BCUT2D eigenvalue weighted by Gasteiger charge is -2.39. The molecule has 13 heteroatoms. The fourth-order valence-corrected chi connectivity index (χ4v) is 6.24.